The summed E-state index contributed by atoms with van der Waals surface area (Å²) in [6.07, 6.45) is 1.12. The van der Waals surface area contributed by atoms with Crippen LogP contribution in [0.4, 0.5) is 8.78 Å². The van der Waals surface area contributed by atoms with Gasteiger partial charge in [-0.15, -0.1) is 0 Å². The number of hydrogen-bond donors (Lipinski definition) is 0. The van der Waals surface area contributed by atoms with Crippen LogP contribution in [-0.4, -0.2) is 4.98 Å². The molecule has 0 spiro atoms. The van der Waals surface area contributed by atoms with Gasteiger partial charge in [-0.25, -0.2) is 8.78 Å². The van der Waals surface area contributed by atoms with Gasteiger partial charge in [-0.2, -0.15) is 0 Å². The molecule has 0 aliphatic rings. The monoisotopic (exact) mass is 221 g/mol. The lowest BCUT2D eigenvalue weighted by Crippen LogP contribution is -1.98. The molecule has 16 heavy (non-hydrogen) atoms. The molecule has 0 bridgehead atoms. The molecule has 2 aromatic rings. The molecule has 0 fully saturated rings. The summed E-state index contributed by atoms with van der Waals surface area (Å²) < 4.78 is 30.6. The largest absolute Gasteiger partial charge is 0.487 e. The van der Waals surface area contributed by atoms with Crippen molar-refractivity contribution < 1.29 is 13.5 Å². The summed E-state index contributed by atoms with van der Waals surface area (Å²) in [5.74, 6) is -0.329. The van der Waals surface area contributed by atoms with E-state index in [2.05, 4.69) is 4.98 Å². The molecule has 82 valence electrons. The van der Waals surface area contributed by atoms with Gasteiger partial charge in [0.15, 0.2) is 0 Å². The first-order chi connectivity index (χ1) is 7.74. The number of benzene rings is 1. The third-order valence-corrected chi connectivity index (χ3v) is 1.97. The first-order valence-corrected chi connectivity index (χ1v) is 4.73. The van der Waals surface area contributed by atoms with E-state index in [0.29, 0.717) is 11.4 Å². The average molecular weight is 221 g/mol. The molecule has 1 aromatic heterocycles. The van der Waals surface area contributed by atoms with E-state index in [4.69, 9.17) is 4.74 Å². The number of halogens is 2. The lowest BCUT2D eigenvalue weighted by molar-refractivity contribution is 0.299. The Morgan fingerprint density at radius 1 is 1.06 bits per heavy atom. The van der Waals surface area contributed by atoms with Crippen molar-refractivity contribution in [2.75, 3.05) is 0 Å². The summed E-state index contributed by atoms with van der Waals surface area (Å²) in [7, 11) is 0. The van der Waals surface area contributed by atoms with Gasteiger partial charge in [-0.3, -0.25) is 4.98 Å². The number of nitrogens with zero attached hydrogens (tertiary/aromatic N) is 1. The maximum Gasteiger partial charge on any atom is 0.141 e. The van der Waals surface area contributed by atoms with Gasteiger partial charge in [-0.1, -0.05) is 6.07 Å². The highest BCUT2D eigenvalue weighted by Crippen LogP contribution is 2.13. The average Bonchev–Trinajstić information content (AvgIpc) is 2.28. The zero-order chi connectivity index (χ0) is 11.4. The van der Waals surface area contributed by atoms with E-state index in [0.717, 1.165) is 6.20 Å². The fraction of sp³-hybridized carbons (Fsp3) is 0.0833. The van der Waals surface area contributed by atoms with Crippen LogP contribution in [0.25, 0.3) is 0 Å². The minimum atomic E-state index is -0.394. The highest BCUT2D eigenvalue weighted by molar-refractivity contribution is 5.22. The van der Waals surface area contributed by atoms with Gasteiger partial charge < -0.3 is 4.74 Å². The Hall–Kier alpha value is -1.97. The molecule has 0 atom stereocenters. The van der Waals surface area contributed by atoms with Crippen molar-refractivity contribution in [1.29, 1.82) is 0 Å². The Labute approximate surface area is 91.5 Å². The van der Waals surface area contributed by atoms with E-state index in [9.17, 15) is 8.78 Å². The van der Waals surface area contributed by atoms with Crippen LogP contribution in [0.5, 0.6) is 5.75 Å². The SMILES string of the molecule is Fc1ccc(COc2cccc(F)c2)nc1. The molecule has 0 aliphatic heterocycles. The summed E-state index contributed by atoms with van der Waals surface area (Å²) in [4.78, 5) is 3.82. The molecule has 0 aliphatic carbocycles. The van der Waals surface area contributed by atoms with Gasteiger partial charge in [0, 0.05) is 6.07 Å². The van der Waals surface area contributed by atoms with E-state index < -0.39 is 5.82 Å². The van der Waals surface area contributed by atoms with Crippen molar-refractivity contribution >= 4 is 0 Å². The fourth-order valence-corrected chi connectivity index (χ4v) is 1.21. The molecule has 0 unspecified atom stereocenters. The van der Waals surface area contributed by atoms with Crippen molar-refractivity contribution in [1.82, 2.24) is 4.98 Å². The number of ether oxygens (including phenoxy) is 1. The van der Waals surface area contributed by atoms with Crippen LogP contribution in [0.1, 0.15) is 5.69 Å². The van der Waals surface area contributed by atoms with Crippen LogP contribution in [0.15, 0.2) is 42.6 Å². The van der Waals surface area contributed by atoms with Gasteiger partial charge >= 0.3 is 0 Å². The predicted octanol–water partition coefficient (Wildman–Crippen LogP) is 2.94. The van der Waals surface area contributed by atoms with Crippen LogP contribution in [0.2, 0.25) is 0 Å². The van der Waals surface area contributed by atoms with Gasteiger partial charge in [0.2, 0.25) is 0 Å². The molecule has 0 saturated carbocycles. The quantitative estimate of drug-likeness (QED) is 0.795. The van der Waals surface area contributed by atoms with Crippen LogP contribution >= 0.6 is 0 Å². The molecule has 1 heterocycles. The summed E-state index contributed by atoms with van der Waals surface area (Å²) in [6, 6.07) is 8.65. The first-order valence-electron chi connectivity index (χ1n) is 4.73. The Morgan fingerprint density at radius 2 is 1.94 bits per heavy atom. The predicted molar refractivity (Wildman–Crippen MR) is 54.9 cm³/mol. The summed E-state index contributed by atoms with van der Waals surface area (Å²) in [5, 5.41) is 0. The van der Waals surface area contributed by atoms with Crippen LogP contribution in [0.3, 0.4) is 0 Å². The maximum absolute atomic E-state index is 12.8. The topological polar surface area (TPSA) is 22.1 Å². The molecule has 2 nitrogen and oxygen atoms in total. The Kier molecular flexibility index (Phi) is 3.10. The van der Waals surface area contributed by atoms with Gasteiger partial charge in [-0.05, 0) is 24.3 Å². The molecule has 0 amide bonds. The molecule has 0 radical (unpaired) electrons. The zero-order valence-corrected chi connectivity index (χ0v) is 8.36. The Bertz CT molecular complexity index is 471. The van der Waals surface area contributed by atoms with Gasteiger partial charge in [0.25, 0.3) is 0 Å². The lowest BCUT2D eigenvalue weighted by Gasteiger charge is -2.05. The second kappa shape index (κ2) is 4.70. The number of aromatic nitrogens is 1. The second-order valence-corrected chi connectivity index (χ2v) is 3.21. The fourth-order valence-electron chi connectivity index (χ4n) is 1.21. The van der Waals surface area contributed by atoms with Crippen LogP contribution < -0.4 is 4.74 Å². The van der Waals surface area contributed by atoms with E-state index in [1.165, 1.54) is 24.3 Å². The number of hydrogen-bond acceptors (Lipinski definition) is 2. The number of rotatable bonds is 3. The standard InChI is InChI=1S/C12H9F2NO/c13-9-2-1-3-12(6-9)16-8-11-5-4-10(14)7-15-11/h1-7H,8H2. The van der Waals surface area contributed by atoms with Crippen LogP contribution in [0, 0.1) is 11.6 Å². The normalized spacial score (nSPS) is 10.1. The molecule has 0 N–H and O–H groups in total. The van der Waals surface area contributed by atoms with Crippen LogP contribution in [-0.2, 0) is 6.61 Å². The Balaban J connectivity index is 1.99. The van der Waals surface area contributed by atoms with E-state index in [-0.39, 0.29) is 12.4 Å². The van der Waals surface area contributed by atoms with Crippen molar-refractivity contribution in [3.05, 3.63) is 59.9 Å². The molecule has 4 heteroatoms. The van der Waals surface area contributed by atoms with Crippen molar-refractivity contribution in [3.63, 3.8) is 0 Å². The minimum Gasteiger partial charge on any atom is -0.487 e. The van der Waals surface area contributed by atoms with Crippen molar-refractivity contribution in [3.8, 4) is 5.75 Å². The Morgan fingerprint density at radius 3 is 2.62 bits per heavy atom. The molecule has 0 saturated heterocycles. The lowest BCUT2D eigenvalue weighted by atomic mass is 10.3. The van der Waals surface area contributed by atoms with Crippen molar-refractivity contribution in [2.45, 2.75) is 6.61 Å². The maximum atomic E-state index is 12.8. The molecule has 1 aromatic carbocycles. The highest BCUT2D eigenvalue weighted by atomic mass is 19.1. The zero-order valence-electron chi connectivity index (χ0n) is 8.36. The summed E-state index contributed by atoms with van der Waals surface area (Å²) in [6.45, 7) is 0.184. The second-order valence-electron chi connectivity index (χ2n) is 3.21. The molecular formula is C12H9F2NO. The van der Waals surface area contributed by atoms with E-state index in [1.807, 2.05) is 0 Å². The third kappa shape index (κ3) is 2.76. The molecule has 2 rings (SSSR count). The van der Waals surface area contributed by atoms with Gasteiger partial charge in [0.05, 0.1) is 11.9 Å². The first kappa shape index (κ1) is 10.5. The minimum absolute atomic E-state index is 0.184. The third-order valence-electron chi connectivity index (χ3n) is 1.97. The number of pyridine rings is 1. The smallest absolute Gasteiger partial charge is 0.141 e. The summed E-state index contributed by atoms with van der Waals surface area (Å²) in [5.41, 5.74) is 0.589. The highest BCUT2D eigenvalue weighted by Gasteiger charge is 1.99. The van der Waals surface area contributed by atoms with Crippen molar-refractivity contribution in [2.24, 2.45) is 0 Å². The van der Waals surface area contributed by atoms with Gasteiger partial charge in [0.1, 0.15) is 24.0 Å². The molecular weight excluding hydrogens is 212 g/mol. The van der Waals surface area contributed by atoms with E-state index >= 15 is 0 Å². The summed E-state index contributed by atoms with van der Waals surface area (Å²) >= 11 is 0. The van der Waals surface area contributed by atoms with E-state index in [1.54, 1.807) is 12.1 Å².